The number of rotatable bonds is 11. The van der Waals surface area contributed by atoms with Crippen molar-refractivity contribution in [1.82, 2.24) is 10.3 Å². The molecule has 0 amide bonds. The first-order valence-corrected chi connectivity index (χ1v) is 10.1. The molecule has 160 valence electrons. The summed E-state index contributed by atoms with van der Waals surface area (Å²) in [5, 5.41) is 13.8. The standard InChI is InChI=1S/C23H28N2O5/c1-4-29-20-9-6-15(12-21(20)30-5-2)10-11-24-14-18-17-8-7-16(28-3)13-19(17)25-22(18)23(26)27/h6-9,12-13,24-25H,4-5,10-11,14H2,1-3H3,(H,26,27). The zero-order valence-corrected chi connectivity index (χ0v) is 17.6. The van der Waals surface area contributed by atoms with E-state index >= 15 is 0 Å². The van der Waals surface area contributed by atoms with Crippen molar-refractivity contribution in [2.24, 2.45) is 0 Å². The van der Waals surface area contributed by atoms with Crippen molar-refractivity contribution >= 4 is 16.9 Å². The molecule has 3 rings (SSSR count). The molecule has 0 atom stereocenters. The van der Waals surface area contributed by atoms with E-state index in [4.69, 9.17) is 14.2 Å². The third-order valence-corrected chi connectivity index (χ3v) is 4.83. The summed E-state index contributed by atoms with van der Waals surface area (Å²) in [6.45, 7) is 6.19. The van der Waals surface area contributed by atoms with Gasteiger partial charge in [-0.2, -0.15) is 0 Å². The number of aromatic carboxylic acids is 1. The third kappa shape index (κ3) is 4.86. The van der Waals surface area contributed by atoms with Crippen LogP contribution in [0.25, 0.3) is 10.9 Å². The van der Waals surface area contributed by atoms with E-state index in [1.54, 1.807) is 13.2 Å². The molecule has 7 heteroatoms. The normalized spacial score (nSPS) is 10.9. The van der Waals surface area contributed by atoms with E-state index in [2.05, 4.69) is 10.3 Å². The first-order valence-electron chi connectivity index (χ1n) is 10.1. The Labute approximate surface area is 176 Å². The van der Waals surface area contributed by atoms with Crippen LogP contribution in [0, 0.1) is 0 Å². The van der Waals surface area contributed by atoms with Gasteiger partial charge in [-0.05, 0) is 56.6 Å². The van der Waals surface area contributed by atoms with Gasteiger partial charge in [0.15, 0.2) is 11.5 Å². The molecule has 3 aromatic rings. The maximum absolute atomic E-state index is 11.7. The number of methoxy groups -OCH3 is 1. The van der Waals surface area contributed by atoms with Crippen LogP contribution in [0.2, 0.25) is 0 Å². The highest BCUT2D eigenvalue weighted by molar-refractivity contribution is 5.97. The third-order valence-electron chi connectivity index (χ3n) is 4.83. The molecule has 30 heavy (non-hydrogen) atoms. The quantitative estimate of drug-likeness (QED) is 0.412. The summed E-state index contributed by atoms with van der Waals surface area (Å²) in [5.74, 6) is 1.20. The van der Waals surface area contributed by atoms with Crippen LogP contribution in [0.5, 0.6) is 17.2 Å². The Kier molecular flexibility index (Phi) is 7.19. The summed E-state index contributed by atoms with van der Waals surface area (Å²) < 4.78 is 16.5. The second-order valence-electron chi connectivity index (χ2n) is 6.77. The number of carboxylic acid groups (broad SMARTS) is 1. The number of fused-ring (bicyclic) bond motifs is 1. The van der Waals surface area contributed by atoms with Crippen molar-refractivity contribution < 1.29 is 24.1 Å². The van der Waals surface area contributed by atoms with Crippen molar-refractivity contribution in [1.29, 1.82) is 0 Å². The number of nitrogens with one attached hydrogen (secondary N) is 2. The van der Waals surface area contributed by atoms with E-state index < -0.39 is 5.97 Å². The van der Waals surface area contributed by atoms with Crippen molar-refractivity contribution in [2.45, 2.75) is 26.8 Å². The van der Waals surface area contributed by atoms with Gasteiger partial charge >= 0.3 is 5.97 Å². The lowest BCUT2D eigenvalue weighted by atomic mass is 10.1. The van der Waals surface area contributed by atoms with E-state index in [1.807, 2.05) is 44.2 Å². The molecule has 0 aliphatic heterocycles. The summed E-state index contributed by atoms with van der Waals surface area (Å²) in [4.78, 5) is 14.7. The maximum Gasteiger partial charge on any atom is 0.352 e. The van der Waals surface area contributed by atoms with Gasteiger partial charge < -0.3 is 29.6 Å². The summed E-state index contributed by atoms with van der Waals surface area (Å²) in [5.41, 5.74) is 2.81. The van der Waals surface area contributed by atoms with Crippen molar-refractivity contribution in [3.05, 3.63) is 53.2 Å². The van der Waals surface area contributed by atoms with E-state index in [9.17, 15) is 9.90 Å². The fourth-order valence-corrected chi connectivity index (χ4v) is 3.42. The fourth-order valence-electron chi connectivity index (χ4n) is 3.42. The highest BCUT2D eigenvalue weighted by atomic mass is 16.5. The monoisotopic (exact) mass is 412 g/mol. The number of H-pyrrole nitrogens is 1. The predicted octanol–water partition coefficient (Wildman–Crippen LogP) is 4.00. The molecule has 0 radical (unpaired) electrons. The topological polar surface area (TPSA) is 92.8 Å². The molecule has 1 heterocycles. The predicted molar refractivity (Wildman–Crippen MR) is 116 cm³/mol. The van der Waals surface area contributed by atoms with Gasteiger partial charge in [-0.1, -0.05) is 6.07 Å². The lowest BCUT2D eigenvalue weighted by Gasteiger charge is -2.12. The van der Waals surface area contributed by atoms with Gasteiger partial charge in [-0.3, -0.25) is 0 Å². The van der Waals surface area contributed by atoms with Crippen LogP contribution in [0.3, 0.4) is 0 Å². The van der Waals surface area contributed by atoms with Crippen LogP contribution in [0.15, 0.2) is 36.4 Å². The molecular formula is C23H28N2O5. The Balaban J connectivity index is 1.68. The first kappa shape index (κ1) is 21.5. The number of hydrogen-bond donors (Lipinski definition) is 3. The number of aromatic nitrogens is 1. The molecule has 0 saturated carbocycles. The zero-order valence-electron chi connectivity index (χ0n) is 17.6. The Morgan fingerprint density at radius 3 is 2.53 bits per heavy atom. The molecule has 0 spiro atoms. The van der Waals surface area contributed by atoms with Gasteiger partial charge in [0.2, 0.25) is 0 Å². The maximum atomic E-state index is 11.7. The summed E-state index contributed by atoms with van der Waals surface area (Å²) >= 11 is 0. The van der Waals surface area contributed by atoms with Crippen LogP contribution in [0.4, 0.5) is 0 Å². The minimum absolute atomic E-state index is 0.199. The average Bonchev–Trinajstić information content (AvgIpc) is 3.11. The lowest BCUT2D eigenvalue weighted by Crippen LogP contribution is -2.18. The van der Waals surface area contributed by atoms with E-state index in [0.29, 0.717) is 32.1 Å². The average molecular weight is 412 g/mol. The minimum atomic E-state index is -0.977. The highest BCUT2D eigenvalue weighted by Crippen LogP contribution is 2.29. The number of ether oxygens (including phenoxy) is 3. The Bertz CT molecular complexity index is 1010. The molecule has 0 saturated heterocycles. The van der Waals surface area contributed by atoms with Crippen LogP contribution >= 0.6 is 0 Å². The molecule has 2 aromatic carbocycles. The zero-order chi connectivity index (χ0) is 21.5. The van der Waals surface area contributed by atoms with Crippen molar-refractivity contribution in [3.63, 3.8) is 0 Å². The first-order chi connectivity index (χ1) is 14.6. The van der Waals surface area contributed by atoms with Crippen LogP contribution in [-0.2, 0) is 13.0 Å². The van der Waals surface area contributed by atoms with Gasteiger partial charge in [0.05, 0.1) is 25.8 Å². The molecule has 0 bridgehead atoms. The molecule has 0 aliphatic carbocycles. The summed E-state index contributed by atoms with van der Waals surface area (Å²) in [7, 11) is 1.59. The second kappa shape index (κ2) is 10.0. The Morgan fingerprint density at radius 1 is 1.07 bits per heavy atom. The van der Waals surface area contributed by atoms with Gasteiger partial charge in [0.1, 0.15) is 11.4 Å². The van der Waals surface area contributed by atoms with Gasteiger partial charge in [-0.25, -0.2) is 4.79 Å². The van der Waals surface area contributed by atoms with E-state index in [0.717, 1.165) is 39.9 Å². The minimum Gasteiger partial charge on any atom is -0.497 e. The second-order valence-corrected chi connectivity index (χ2v) is 6.77. The smallest absolute Gasteiger partial charge is 0.352 e. The lowest BCUT2D eigenvalue weighted by molar-refractivity contribution is 0.0690. The SMILES string of the molecule is CCOc1ccc(CCNCc2c(C(=O)O)[nH]c3cc(OC)ccc23)cc1OCC. The van der Waals surface area contributed by atoms with Gasteiger partial charge in [-0.15, -0.1) is 0 Å². The number of carbonyl (C=O) groups is 1. The number of carboxylic acids is 1. The van der Waals surface area contributed by atoms with Crippen molar-refractivity contribution in [2.75, 3.05) is 26.9 Å². The fraction of sp³-hybridized carbons (Fsp3) is 0.348. The number of aromatic amines is 1. The van der Waals surface area contributed by atoms with Gasteiger partial charge in [0, 0.05) is 23.6 Å². The number of benzene rings is 2. The number of hydrogen-bond acceptors (Lipinski definition) is 5. The van der Waals surface area contributed by atoms with Crippen LogP contribution in [-0.4, -0.2) is 42.9 Å². The van der Waals surface area contributed by atoms with Gasteiger partial charge in [0.25, 0.3) is 0 Å². The molecule has 0 fully saturated rings. The summed E-state index contributed by atoms with van der Waals surface area (Å²) in [6, 6.07) is 11.5. The Hall–Kier alpha value is -3.19. The molecule has 7 nitrogen and oxygen atoms in total. The van der Waals surface area contributed by atoms with Crippen LogP contribution < -0.4 is 19.5 Å². The molecular weight excluding hydrogens is 384 g/mol. The highest BCUT2D eigenvalue weighted by Gasteiger charge is 2.17. The Morgan fingerprint density at radius 2 is 1.83 bits per heavy atom. The van der Waals surface area contributed by atoms with Crippen molar-refractivity contribution in [3.8, 4) is 17.2 Å². The largest absolute Gasteiger partial charge is 0.497 e. The van der Waals surface area contributed by atoms with Crippen LogP contribution in [0.1, 0.15) is 35.5 Å². The summed E-state index contributed by atoms with van der Waals surface area (Å²) in [6.07, 6.45) is 0.783. The molecule has 1 aromatic heterocycles. The molecule has 3 N–H and O–H groups in total. The van der Waals surface area contributed by atoms with E-state index in [1.165, 1.54) is 0 Å². The molecule has 0 unspecified atom stereocenters. The molecule has 0 aliphatic rings. The van der Waals surface area contributed by atoms with E-state index in [-0.39, 0.29) is 5.69 Å².